The molecule has 0 saturated carbocycles. The normalized spacial score (nSPS) is 9.91. The highest BCUT2D eigenvalue weighted by atomic mass is 16.5. The number of esters is 2. The number of pyridine rings is 1. The molecule has 22 heavy (non-hydrogen) atoms. The summed E-state index contributed by atoms with van der Waals surface area (Å²) in [6.07, 6.45) is 2.13. The van der Waals surface area contributed by atoms with Crippen LogP contribution in [0.4, 0.5) is 0 Å². The summed E-state index contributed by atoms with van der Waals surface area (Å²) >= 11 is 0. The van der Waals surface area contributed by atoms with E-state index in [0.29, 0.717) is 17.5 Å². The molecule has 6 nitrogen and oxygen atoms in total. The average molecular weight is 299 g/mol. The molecule has 0 aliphatic rings. The van der Waals surface area contributed by atoms with E-state index in [2.05, 4.69) is 4.98 Å². The third kappa shape index (κ3) is 3.54. The van der Waals surface area contributed by atoms with Crippen molar-refractivity contribution >= 4 is 18.2 Å². The molecule has 0 aliphatic heterocycles. The molecule has 0 aliphatic carbocycles. The number of carbonyl (C=O) groups is 3. The van der Waals surface area contributed by atoms with Crippen LogP contribution in [0.1, 0.15) is 24.2 Å². The van der Waals surface area contributed by atoms with Crippen molar-refractivity contribution in [2.45, 2.75) is 13.8 Å². The summed E-state index contributed by atoms with van der Waals surface area (Å²) < 4.78 is 10.3. The first-order valence-corrected chi connectivity index (χ1v) is 6.42. The smallest absolute Gasteiger partial charge is 0.308 e. The lowest BCUT2D eigenvalue weighted by molar-refractivity contribution is -0.132. The van der Waals surface area contributed by atoms with Gasteiger partial charge in [-0.2, -0.15) is 0 Å². The van der Waals surface area contributed by atoms with E-state index in [9.17, 15) is 14.4 Å². The first-order valence-electron chi connectivity index (χ1n) is 6.42. The minimum absolute atomic E-state index is 0.104. The second-order valence-electron chi connectivity index (χ2n) is 4.41. The Labute approximate surface area is 126 Å². The van der Waals surface area contributed by atoms with Gasteiger partial charge in [0.1, 0.15) is 17.8 Å². The molecule has 0 amide bonds. The number of aldehydes is 1. The summed E-state index contributed by atoms with van der Waals surface area (Å²) in [4.78, 5) is 37.8. The maximum atomic E-state index is 11.3. The Balaban J connectivity index is 2.71. The maximum absolute atomic E-state index is 11.3. The summed E-state index contributed by atoms with van der Waals surface area (Å²) in [5.74, 6) is -0.915. The van der Waals surface area contributed by atoms with Gasteiger partial charge in [-0.05, 0) is 24.3 Å². The van der Waals surface area contributed by atoms with E-state index in [-0.39, 0.29) is 17.1 Å². The van der Waals surface area contributed by atoms with Gasteiger partial charge in [0.2, 0.25) is 0 Å². The first-order chi connectivity index (χ1) is 10.5. The van der Waals surface area contributed by atoms with Crippen molar-refractivity contribution in [1.29, 1.82) is 0 Å². The predicted molar refractivity (Wildman–Crippen MR) is 77.7 cm³/mol. The van der Waals surface area contributed by atoms with Crippen molar-refractivity contribution < 1.29 is 23.9 Å². The molecule has 1 aromatic heterocycles. The lowest BCUT2D eigenvalue weighted by atomic mass is 10.1. The fourth-order valence-corrected chi connectivity index (χ4v) is 1.91. The average Bonchev–Trinajstić information content (AvgIpc) is 2.46. The molecule has 2 aromatic rings. The molecule has 1 heterocycles. The molecule has 2 rings (SSSR count). The van der Waals surface area contributed by atoms with Crippen molar-refractivity contribution in [2.24, 2.45) is 0 Å². The lowest BCUT2D eigenvalue weighted by Gasteiger charge is -2.14. The summed E-state index contributed by atoms with van der Waals surface area (Å²) in [5, 5.41) is 0. The highest BCUT2D eigenvalue weighted by Crippen LogP contribution is 2.38. The van der Waals surface area contributed by atoms with Crippen molar-refractivity contribution in [3.63, 3.8) is 0 Å². The minimum Gasteiger partial charge on any atom is -0.426 e. The molecule has 0 unspecified atom stereocenters. The standard InChI is InChI=1S/C16H13NO5/c1-10(19)21-14-7-12(9-18)8-15(22-11(2)20)16(14)13-5-3-4-6-17-13/h3-9H,1-2H3. The van der Waals surface area contributed by atoms with E-state index >= 15 is 0 Å². The fraction of sp³-hybridized carbons (Fsp3) is 0.125. The van der Waals surface area contributed by atoms with Crippen LogP contribution in [0.5, 0.6) is 11.5 Å². The number of aromatic nitrogens is 1. The van der Waals surface area contributed by atoms with E-state index in [1.165, 1.54) is 26.0 Å². The maximum Gasteiger partial charge on any atom is 0.308 e. The van der Waals surface area contributed by atoms with Crippen LogP contribution in [0.2, 0.25) is 0 Å². The van der Waals surface area contributed by atoms with Gasteiger partial charge in [-0.3, -0.25) is 19.4 Å². The van der Waals surface area contributed by atoms with Crippen molar-refractivity contribution in [1.82, 2.24) is 4.98 Å². The highest BCUT2D eigenvalue weighted by molar-refractivity contribution is 5.87. The van der Waals surface area contributed by atoms with Crippen LogP contribution in [0.25, 0.3) is 11.3 Å². The zero-order valence-electron chi connectivity index (χ0n) is 12.0. The van der Waals surface area contributed by atoms with Gasteiger partial charge in [-0.25, -0.2) is 0 Å². The Kier molecular flexibility index (Phi) is 4.63. The molecule has 0 atom stereocenters. The van der Waals surface area contributed by atoms with Gasteiger partial charge in [-0.15, -0.1) is 0 Å². The van der Waals surface area contributed by atoms with Gasteiger partial charge in [0, 0.05) is 25.6 Å². The highest BCUT2D eigenvalue weighted by Gasteiger charge is 2.19. The van der Waals surface area contributed by atoms with Gasteiger partial charge in [-0.1, -0.05) is 6.07 Å². The van der Waals surface area contributed by atoms with Crippen LogP contribution in [-0.2, 0) is 9.59 Å². The lowest BCUT2D eigenvalue weighted by Crippen LogP contribution is -2.08. The predicted octanol–water partition coefficient (Wildman–Crippen LogP) is 2.41. The number of nitrogens with zero attached hydrogens (tertiary/aromatic N) is 1. The summed E-state index contributed by atoms with van der Waals surface area (Å²) in [6, 6.07) is 7.93. The minimum atomic E-state index is -0.561. The summed E-state index contributed by atoms with van der Waals surface area (Å²) in [6.45, 7) is 2.47. The molecule has 0 fully saturated rings. The molecule has 0 radical (unpaired) electrons. The Bertz CT molecular complexity index is 688. The van der Waals surface area contributed by atoms with Crippen LogP contribution < -0.4 is 9.47 Å². The van der Waals surface area contributed by atoms with Gasteiger partial charge in [0.25, 0.3) is 0 Å². The Hall–Kier alpha value is -3.02. The van der Waals surface area contributed by atoms with Crippen molar-refractivity contribution in [3.8, 4) is 22.8 Å². The van der Waals surface area contributed by atoms with Crippen LogP contribution in [0, 0.1) is 0 Å². The van der Waals surface area contributed by atoms with Crippen LogP contribution in [-0.4, -0.2) is 23.2 Å². The molecule has 0 saturated heterocycles. The number of ether oxygens (including phenoxy) is 2. The van der Waals surface area contributed by atoms with E-state index in [0.717, 1.165) is 0 Å². The topological polar surface area (TPSA) is 82.6 Å². The van der Waals surface area contributed by atoms with E-state index < -0.39 is 11.9 Å². The Morgan fingerprint density at radius 1 is 1.05 bits per heavy atom. The second-order valence-corrected chi connectivity index (χ2v) is 4.41. The fourth-order valence-electron chi connectivity index (χ4n) is 1.91. The molecule has 6 heteroatoms. The number of hydrogen-bond donors (Lipinski definition) is 0. The van der Waals surface area contributed by atoms with Gasteiger partial charge >= 0.3 is 11.9 Å². The molecular formula is C16H13NO5. The van der Waals surface area contributed by atoms with Gasteiger partial charge in [0.15, 0.2) is 0 Å². The van der Waals surface area contributed by atoms with E-state index in [4.69, 9.17) is 9.47 Å². The number of rotatable bonds is 4. The number of carbonyl (C=O) groups excluding carboxylic acids is 3. The number of hydrogen-bond acceptors (Lipinski definition) is 6. The second kappa shape index (κ2) is 6.62. The van der Waals surface area contributed by atoms with E-state index in [1.807, 2.05) is 0 Å². The van der Waals surface area contributed by atoms with Crippen molar-refractivity contribution in [3.05, 3.63) is 42.1 Å². The van der Waals surface area contributed by atoms with Crippen molar-refractivity contribution in [2.75, 3.05) is 0 Å². The molecule has 0 spiro atoms. The van der Waals surface area contributed by atoms with Crippen LogP contribution in [0.15, 0.2) is 36.5 Å². The molecular weight excluding hydrogens is 286 g/mol. The first kappa shape index (κ1) is 15.4. The molecule has 0 N–H and O–H groups in total. The summed E-state index contributed by atoms with van der Waals surface area (Å²) in [7, 11) is 0. The molecule has 1 aromatic carbocycles. The largest absolute Gasteiger partial charge is 0.426 e. The zero-order valence-corrected chi connectivity index (χ0v) is 12.0. The summed E-state index contributed by atoms with van der Waals surface area (Å²) in [5.41, 5.74) is 0.997. The third-order valence-corrected chi connectivity index (χ3v) is 2.65. The van der Waals surface area contributed by atoms with E-state index in [1.54, 1.807) is 24.4 Å². The van der Waals surface area contributed by atoms with Gasteiger partial charge in [0.05, 0.1) is 11.3 Å². The quantitative estimate of drug-likeness (QED) is 0.490. The molecule has 0 bridgehead atoms. The zero-order chi connectivity index (χ0) is 16.1. The third-order valence-electron chi connectivity index (χ3n) is 2.65. The van der Waals surface area contributed by atoms with Crippen LogP contribution in [0.3, 0.4) is 0 Å². The number of benzene rings is 1. The monoisotopic (exact) mass is 299 g/mol. The Morgan fingerprint density at radius 2 is 1.64 bits per heavy atom. The van der Waals surface area contributed by atoms with Crippen LogP contribution >= 0.6 is 0 Å². The molecule has 112 valence electrons. The Morgan fingerprint density at radius 3 is 2.05 bits per heavy atom. The van der Waals surface area contributed by atoms with Gasteiger partial charge < -0.3 is 9.47 Å². The SMILES string of the molecule is CC(=O)Oc1cc(C=O)cc(OC(C)=O)c1-c1ccccn1.